The lowest BCUT2D eigenvalue weighted by Crippen LogP contribution is -2.05. The summed E-state index contributed by atoms with van der Waals surface area (Å²) < 4.78 is 1.16. The van der Waals surface area contributed by atoms with Gasteiger partial charge in [-0.25, -0.2) is 0 Å². The Morgan fingerprint density at radius 2 is 2.16 bits per heavy atom. The van der Waals surface area contributed by atoms with E-state index in [9.17, 15) is 0 Å². The zero-order chi connectivity index (χ0) is 13.7. The second-order valence-electron chi connectivity index (χ2n) is 4.54. The van der Waals surface area contributed by atoms with Crippen molar-refractivity contribution in [2.75, 3.05) is 11.9 Å². The van der Waals surface area contributed by atoms with E-state index in [1.807, 2.05) is 0 Å². The van der Waals surface area contributed by atoms with Crippen LogP contribution in [-0.4, -0.2) is 11.7 Å². The molecule has 0 radical (unpaired) electrons. The first-order chi connectivity index (χ1) is 9.19. The van der Waals surface area contributed by atoms with Crippen LogP contribution in [0.5, 0.6) is 0 Å². The molecule has 0 saturated carbocycles. The van der Waals surface area contributed by atoms with Crippen LogP contribution in [0.1, 0.15) is 29.8 Å². The fraction of sp³-hybridized carbons (Fsp3) is 0.333. The lowest BCUT2D eigenvalue weighted by atomic mass is 10.1. The van der Waals surface area contributed by atoms with Gasteiger partial charge in [-0.1, -0.05) is 12.1 Å². The van der Waals surface area contributed by atoms with Crippen molar-refractivity contribution in [1.82, 2.24) is 0 Å². The maximum Gasteiger partial charge on any atom is 0.0702 e. The first kappa shape index (κ1) is 14.6. The van der Waals surface area contributed by atoms with E-state index in [-0.39, 0.29) is 6.61 Å². The monoisotopic (exact) mass is 339 g/mol. The molecule has 1 aromatic carbocycles. The van der Waals surface area contributed by atoms with Crippen molar-refractivity contribution < 1.29 is 5.11 Å². The SMILES string of the molecule is CC(Nc1cccc(CCCO)c1)c1ccc(Br)s1. The molecule has 2 rings (SSSR count). The molecule has 0 bridgehead atoms. The minimum absolute atomic E-state index is 0.247. The quantitative estimate of drug-likeness (QED) is 0.805. The van der Waals surface area contributed by atoms with Crippen LogP contribution in [0.25, 0.3) is 0 Å². The molecule has 1 aromatic heterocycles. The fourth-order valence-electron chi connectivity index (χ4n) is 1.98. The molecule has 1 heterocycles. The molecule has 1 atom stereocenters. The van der Waals surface area contributed by atoms with Crippen LogP contribution < -0.4 is 5.32 Å². The molecule has 1 unspecified atom stereocenters. The molecule has 0 aliphatic rings. The normalized spacial score (nSPS) is 12.4. The maximum atomic E-state index is 8.87. The van der Waals surface area contributed by atoms with Gasteiger partial charge in [0.25, 0.3) is 0 Å². The molecule has 0 aliphatic carbocycles. The predicted octanol–water partition coefficient (Wildman–Crippen LogP) is 4.61. The van der Waals surface area contributed by atoms with Gasteiger partial charge in [0.05, 0.1) is 9.83 Å². The van der Waals surface area contributed by atoms with Gasteiger partial charge in [0.2, 0.25) is 0 Å². The van der Waals surface area contributed by atoms with E-state index in [1.165, 1.54) is 10.4 Å². The van der Waals surface area contributed by atoms with Crippen molar-refractivity contribution >= 4 is 33.0 Å². The van der Waals surface area contributed by atoms with Crippen LogP contribution in [0.2, 0.25) is 0 Å². The highest BCUT2D eigenvalue weighted by atomic mass is 79.9. The zero-order valence-electron chi connectivity index (χ0n) is 10.9. The number of benzene rings is 1. The number of halogens is 1. The summed E-state index contributed by atoms with van der Waals surface area (Å²) in [6, 6.07) is 12.9. The van der Waals surface area contributed by atoms with Crippen molar-refractivity contribution in [3.8, 4) is 0 Å². The van der Waals surface area contributed by atoms with Crippen LogP contribution in [0.15, 0.2) is 40.2 Å². The van der Waals surface area contributed by atoms with E-state index in [4.69, 9.17) is 5.11 Å². The molecule has 0 amide bonds. The van der Waals surface area contributed by atoms with Crippen molar-refractivity contribution in [3.05, 3.63) is 50.6 Å². The van der Waals surface area contributed by atoms with E-state index < -0.39 is 0 Å². The highest BCUT2D eigenvalue weighted by molar-refractivity contribution is 9.11. The summed E-state index contributed by atoms with van der Waals surface area (Å²) in [7, 11) is 0. The van der Waals surface area contributed by atoms with Crippen LogP contribution in [0.3, 0.4) is 0 Å². The summed E-state index contributed by atoms with van der Waals surface area (Å²) in [5.74, 6) is 0. The fourth-order valence-corrected chi connectivity index (χ4v) is 3.41. The average molecular weight is 340 g/mol. The number of hydrogen-bond donors (Lipinski definition) is 2. The standard InChI is InChI=1S/C15H18BrNOS/c1-11(14-7-8-15(16)19-14)17-13-6-2-4-12(10-13)5-3-9-18/h2,4,6-8,10-11,17-18H,3,5,9H2,1H3. The molecule has 102 valence electrons. The summed E-state index contributed by atoms with van der Waals surface area (Å²) in [4.78, 5) is 1.31. The van der Waals surface area contributed by atoms with Crippen molar-refractivity contribution in [2.45, 2.75) is 25.8 Å². The number of nitrogens with one attached hydrogen (secondary N) is 1. The number of anilines is 1. The lowest BCUT2D eigenvalue weighted by Gasteiger charge is -2.14. The molecule has 0 aliphatic heterocycles. The van der Waals surface area contributed by atoms with Gasteiger partial charge in [-0.05, 0) is 65.5 Å². The summed E-state index contributed by atoms with van der Waals surface area (Å²) in [5, 5.41) is 12.4. The molecule has 2 aromatic rings. The Morgan fingerprint density at radius 3 is 2.84 bits per heavy atom. The third-order valence-electron chi connectivity index (χ3n) is 2.95. The molecule has 2 N–H and O–H groups in total. The molecular formula is C15H18BrNOS. The number of rotatable bonds is 6. The minimum Gasteiger partial charge on any atom is -0.396 e. The van der Waals surface area contributed by atoms with Gasteiger partial charge in [-0.2, -0.15) is 0 Å². The van der Waals surface area contributed by atoms with Crippen molar-refractivity contribution in [1.29, 1.82) is 0 Å². The maximum absolute atomic E-state index is 8.87. The lowest BCUT2D eigenvalue weighted by molar-refractivity contribution is 0.288. The third-order valence-corrected chi connectivity index (χ3v) is 4.76. The summed E-state index contributed by atoms with van der Waals surface area (Å²) in [6.45, 7) is 2.41. The van der Waals surface area contributed by atoms with Gasteiger partial charge in [-0.15, -0.1) is 11.3 Å². The first-order valence-corrected chi connectivity index (χ1v) is 8.01. The number of aryl methyl sites for hydroxylation is 1. The third kappa shape index (κ3) is 4.34. The summed E-state index contributed by atoms with van der Waals surface area (Å²) in [6.07, 6.45) is 1.74. The van der Waals surface area contributed by atoms with E-state index in [1.54, 1.807) is 11.3 Å². The molecular weight excluding hydrogens is 322 g/mol. The van der Waals surface area contributed by atoms with Crippen LogP contribution in [0, 0.1) is 0 Å². The van der Waals surface area contributed by atoms with Gasteiger partial charge in [-0.3, -0.25) is 0 Å². The largest absolute Gasteiger partial charge is 0.396 e. The van der Waals surface area contributed by atoms with Gasteiger partial charge >= 0.3 is 0 Å². The predicted molar refractivity (Wildman–Crippen MR) is 85.9 cm³/mol. The van der Waals surface area contributed by atoms with Gasteiger partial charge in [0.15, 0.2) is 0 Å². The average Bonchev–Trinajstić information content (AvgIpc) is 2.83. The van der Waals surface area contributed by atoms with Crippen LogP contribution in [-0.2, 0) is 6.42 Å². The Morgan fingerprint density at radius 1 is 1.32 bits per heavy atom. The molecule has 0 spiro atoms. The smallest absolute Gasteiger partial charge is 0.0702 e. The Labute approximate surface area is 126 Å². The highest BCUT2D eigenvalue weighted by Crippen LogP contribution is 2.29. The molecule has 0 saturated heterocycles. The Balaban J connectivity index is 2.02. The molecule has 0 fully saturated rings. The van der Waals surface area contributed by atoms with Crippen molar-refractivity contribution in [3.63, 3.8) is 0 Å². The van der Waals surface area contributed by atoms with Gasteiger partial charge in [0, 0.05) is 17.2 Å². The van der Waals surface area contributed by atoms with Crippen molar-refractivity contribution in [2.24, 2.45) is 0 Å². The Bertz CT molecular complexity index is 526. The van der Waals surface area contributed by atoms with E-state index in [0.29, 0.717) is 6.04 Å². The van der Waals surface area contributed by atoms with Gasteiger partial charge in [0.1, 0.15) is 0 Å². The number of hydrogen-bond acceptors (Lipinski definition) is 3. The van der Waals surface area contributed by atoms with Crippen LogP contribution >= 0.6 is 27.3 Å². The highest BCUT2D eigenvalue weighted by Gasteiger charge is 2.08. The summed E-state index contributed by atoms with van der Waals surface area (Å²) >= 11 is 5.25. The first-order valence-electron chi connectivity index (χ1n) is 6.40. The van der Waals surface area contributed by atoms with Gasteiger partial charge < -0.3 is 10.4 Å². The molecule has 19 heavy (non-hydrogen) atoms. The van der Waals surface area contributed by atoms with E-state index >= 15 is 0 Å². The second-order valence-corrected chi connectivity index (χ2v) is 7.03. The minimum atomic E-state index is 0.247. The zero-order valence-corrected chi connectivity index (χ0v) is 13.3. The Hall–Kier alpha value is -0.840. The number of aliphatic hydroxyl groups is 1. The second kappa shape index (κ2) is 7.08. The number of thiophene rings is 1. The van der Waals surface area contributed by atoms with Crippen LogP contribution in [0.4, 0.5) is 5.69 Å². The van der Waals surface area contributed by atoms with E-state index in [0.717, 1.165) is 22.3 Å². The molecule has 4 heteroatoms. The van der Waals surface area contributed by atoms with E-state index in [2.05, 4.69) is 64.6 Å². The number of aliphatic hydroxyl groups excluding tert-OH is 1. The summed E-state index contributed by atoms with van der Waals surface area (Å²) in [5.41, 5.74) is 2.39. The Kier molecular flexibility index (Phi) is 5.43. The topological polar surface area (TPSA) is 32.3 Å². The molecule has 2 nitrogen and oxygen atoms in total.